The van der Waals surface area contributed by atoms with Gasteiger partial charge < -0.3 is 10.1 Å². The highest BCUT2D eigenvalue weighted by Gasteiger charge is 2.24. The second kappa shape index (κ2) is 6.19. The lowest BCUT2D eigenvalue weighted by Crippen LogP contribution is -2.23. The van der Waals surface area contributed by atoms with Gasteiger partial charge >= 0.3 is 5.97 Å². The Hall–Kier alpha value is -2.36. The molecule has 1 atom stereocenters. The summed E-state index contributed by atoms with van der Waals surface area (Å²) in [6.07, 6.45) is 0. The average Bonchev–Trinajstić information content (AvgIpc) is 2.47. The lowest BCUT2D eigenvalue weighted by atomic mass is 10.1. The van der Waals surface area contributed by atoms with E-state index in [0.29, 0.717) is 0 Å². The smallest absolute Gasteiger partial charge is 0.333 e. The van der Waals surface area contributed by atoms with E-state index in [1.807, 2.05) is 31.2 Å². The Kier molecular flexibility index (Phi) is 4.35. The minimum absolute atomic E-state index is 0.266. The van der Waals surface area contributed by atoms with Gasteiger partial charge in [-0.15, -0.1) is 0 Å². The third kappa shape index (κ3) is 2.96. The molecule has 0 radical (unpaired) electrons. The van der Waals surface area contributed by atoms with Crippen molar-refractivity contribution in [2.75, 3.05) is 12.4 Å². The van der Waals surface area contributed by atoms with Crippen LogP contribution < -0.4 is 5.32 Å². The number of rotatable bonds is 4. The van der Waals surface area contributed by atoms with Crippen molar-refractivity contribution in [3.8, 4) is 0 Å². The van der Waals surface area contributed by atoms with Crippen LogP contribution in [0.15, 0.2) is 48.5 Å². The molecule has 0 amide bonds. The van der Waals surface area contributed by atoms with Crippen LogP contribution in [0.5, 0.6) is 0 Å². The molecule has 20 heavy (non-hydrogen) atoms. The van der Waals surface area contributed by atoms with Gasteiger partial charge in [0, 0.05) is 11.3 Å². The molecule has 1 N–H and O–H groups in total. The molecule has 0 saturated heterocycles. The number of esters is 1. The molecule has 0 aliphatic rings. The van der Waals surface area contributed by atoms with Crippen LogP contribution >= 0.6 is 0 Å². The van der Waals surface area contributed by atoms with Gasteiger partial charge in [0.2, 0.25) is 0 Å². The van der Waals surface area contributed by atoms with Gasteiger partial charge in [0.1, 0.15) is 5.82 Å². The molecule has 1 unspecified atom stereocenters. The standard InChI is InChI=1S/C16H16FNO2/c1-11-7-3-6-10-14(11)18-15(16(19)20-2)12-8-4-5-9-13(12)17/h3-10,15,18H,1-2H3. The Morgan fingerprint density at radius 2 is 1.80 bits per heavy atom. The van der Waals surface area contributed by atoms with Gasteiger partial charge in [-0.3, -0.25) is 0 Å². The second-order valence-corrected chi connectivity index (χ2v) is 4.44. The Morgan fingerprint density at radius 3 is 2.45 bits per heavy atom. The SMILES string of the molecule is COC(=O)C(Nc1ccccc1C)c1ccccc1F. The van der Waals surface area contributed by atoms with E-state index < -0.39 is 17.8 Å². The van der Waals surface area contributed by atoms with Gasteiger partial charge in [0.15, 0.2) is 6.04 Å². The molecule has 0 saturated carbocycles. The molecule has 0 fully saturated rings. The van der Waals surface area contributed by atoms with Crippen LogP contribution in [-0.4, -0.2) is 13.1 Å². The first-order valence-electron chi connectivity index (χ1n) is 6.28. The number of anilines is 1. The molecule has 0 bridgehead atoms. The fraction of sp³-hybridized carbons (Fsp3) is 0.188. The molecule has 2 rings (SSSR count). The Morgan fingerprint density at radius 1 is 1.15 bits per heavy atom. The molecule has 0 aliphatic heterocycles. The molecule has 3 nitrogen and oxygen atoms in total. The van der Waals surface area contributed by atoms with Crippen molar-refractivity contribution in [2.45, 2.75) is 13.0 Å². The van der Waals surface area contributed by atoms with Crippen molar-refractivity contribution >= 4 is 11.7 Å². The second-order valence-electron chi connectivity index (χ2n) is 4.44. The van der Waals surface area contributed by atoms with E-state index in [1.165, 1.54) is 13.2 Å². The number of hydrogen-bond donors (Lipinski definition) is 1. The summed E-state index contributed by atoms with van der Waals surface area (Å²) >= 11 is 0. The van der Waals surface area contributed by atoms with Gasteiger partial charge in [-0.05, 0) is 24.6 Å². The number of halogens is 1. The maximum atomic E-state index is 13.9. The first-order chi connectivity index (χ1) is 9.63. The summed E-state index contributed by atoms with van der Waals surface area (Å²) in [7, 11) is 1.29. The summed E-state index contributed by atoms with van der Waals surface area (Å²) in [4.78, 5) is 11.9. The summed E-state index contributed by atoms with van der Waals surface area (Å²) < 4.78 is 18.7. The van der Waals surface area contributed by atoms with Gasteiger partial charge in [-0.1, -0.05) is 36.4 Å². The van der Waals surface area contributed by atoms with E-state index in [0.717, 1.165) is 11.3 Å². The normalized spacial score (nSPS) is 11.8. The van der Waals surface area contributed by atoms with Crippen LogP contribution in [0.3, 0.4) is 0 Å². The lowest BCUT2D eigenvalue weighted by molar-refractivity contribution is -0.141. The third-order valence-electron chi connectivity index (χ3n) is 3.10. The number of para-hydroxylation sites is 1. The van der Waals surface area contributed by atoms with Crippen LogP contribution in [0, 0.1) is 12.7 Å². The summed E-state index contributed by atoms with van der Waals surface area (Å²) in [6, 6.07) is 12.8. The van der Waals surface area contributed by atoms with Crippen LogP contribution in [0.2, 0.25) is 0 Å². The van der Waals surface area contributed by atoms with Crippen LogP contribution in [-0.2, 0) is 9.53 Å². The topological polar surface area (TPSA) is 38.3 Å². The van der Waals surface area contributed by atoms with Crippen LogP contribution in [0.4, 0.5) is 10.1 Å². The Bertz CT molecular complexity index is 613. The van der Waals surface area contributed by atoms with Crippen LogP contribution in [0.1, 0.15) is 17.2 Å². The zero-order valence-corrected chi connectivity index (χ0v) is 11.4. The molecule has 4 heteroatoms. The predicted molar refractivity (Wildman–Crippen MR) is 76.0 cm³/mol. The molecule has 0 spiro atoms. The number of nitrogens with one attached hydrogen (secondary N) is 1. The summed E-state index contributed by atoms with van der Waals surface area (Å²) in [5.41, 5.74) is 2.01. The van der Waals surface area contributed by atoms with Crippen LogP contribution in [0.25, 0.3) is 0 Å². The number of ether oxygens (including phenoxy) is 1. The quantitative estimate of drug-likeness (QED) is 0.867. The number of benzene rings is 2. The van der Waals surface area contributed by atoms with E-state index in [-0.39, 0.29) is 5.56 Å². The largest absolute Gasteiger partial charge is 0.467 e. The summed E-state index contributed by atoms with van der Waals surface area (Å²) in [5.74, 6) is -0.970. The molecule has 104 valence electrons. The maximum absolute atomic E-state index is 13.9. The van der Waals surface area contributed by atoms with Crippen molar-refractivity contribution in [1.82, 2.24) is 0 Å². The van der Waals surface area contributed by atoms with E-state index in [4.69, 9.17) is 4.74 Å². The lowest BCUT2D eigenvalue weighted by Gasteiger charge is -2.19. The fourth-order valence-corrected chi connectivity index (χ4v) is 1.98. The molecule has 0 aromatic heterocycles. The molecule has 2 aromatic carbocycles. The van der Waals surface area contributed by atoms with E-state index in [1.54, 1.807) is 18.2 Å². The van der Waals surface area contributed by atoms with Crippen molar-refractivity contribution in [3.05, 3.63) is 65.5 Å². The third-order valence-corrected chi connectivity index (χ3v) is 3.10. The monoisotopic (exact) mass is 273 g/mol. The van der Waals surface area contributed by atoms with Crippen molar-refractivity contribution in [2.24, 2.45) is 0 Å². The molecule has 0 aliphatic carbocycles. The zero-order chi connectivity index (χ0) is 14.5. The van der Waals surface area contributed by atoms with Gasteiger partial charge in [0.05, 0.1) is 7.11 Å². The maximum Gasteiger partial charge on any atom is 0.333 e. The number of hydrogen-bond acceptors (Lipinski definition) is 3. The van der Waals surface area contributed by atoms with Gasteiger partial charge in [0.25, 0.3) is 0 Å². The summed E-state index contributed by atoms with van der Waals surface area (Å²) in [6.45, 7) is 1.91. The van der Waals surface area contributed by atoms with E-state index >= 15 is 0 Å². The zero-order valence-electron chi connectivity index (χ0n) is 11.4. The number of carbonyl (C=O) groups excluding carboxylic acids is 1. The average molecular weight is 273 g/mol. The van der Waals surface area contributed by atoms with E-state index in [9.17, 15) is 9.18 Å². The predicted octanol–water partition coefficient (Wildman–Crippen LogP) is 3.46. The fourth-order valence-electron chi connectivity index (χ4n) is 1.98. The van der Waals surface area contributed by atoms with E-state index in [2.05, 4.69) is 5.32 Å². The van der Waals surface area contributed by atoms with Crippen molar-refractivity contribution < 1.29 is 13.9 Å². The Labute approximate surface area is 117 Å². The Balaban J connectivity index is 2.37. The highest BCUT2D eigenvalue weighted by atomic mass is 19.1. The highest BCUT2D eigenvalue weighted by molar-refractivity contribution is 5.81. The van der Waals surface area contributed by atoms with Crippen molar-refractivity contribution in [1.29, 1.82) is 0 Å². The minimum Gasteiger partial charge on any atom is -0.467 e. The summed E-state index contributed by atoms with van der Waals surface area (Å²) in [5, 5.41) is 3.04. The van der Waals surface area contributed by atoms with Crippen molar-refractivity contribution in [3.63, 3.8) is 0 Å². The molecular formula is C16H16FNO2. The minimum atomic E-state index is -0.873. The number of carbonyl (C=O) groups is 1. The first-order valence-corrected chi connectivity index (χ1v) is 6.28. The number of methoxy groups -OCH3 is 1. The number of aryl methyl sites for hydroxylation is 1. The molecule has 2 aromatic rings. The first kappa shape index (κ1) is 14.1. The highest BCUT2D eigenvalue weighted by Crippen LogP contribution is 2.25. The molecular weight excluding hydrogens is 257 g/mol. The van der Waals surface area contributed by atoms with Gasteiger partial charge in [-0.25, -0.2) is 9.18 Å². The molecule has 0 heterocycles. The van der Waals surface area contributed by atoms with Gasteiger partial charge in [-0.2, -0.15) is 0 Å².